The first-order valence-corrected chi connectivity index (χ1v) is 4.87. The van der Waals surface area contributed by atoms with E-state index in [1.54, 1.807) is 6.26 Å². The van der Waals surface area contributed by atoms with Gasteiger partial charge < -0.3 is 14.3 Å². The molecule has 0 radical (unpaired) electrons. The Morgan fingerprint density at radius 3 is 3.13 bits per heavy atom. The number of hydrogen-bond acceptors (Lipinski definition) is 5. The maximum Gasteiger partial charge on any atom is 0.234 e. The van der Waals surface area contributed by atoms with Gasteiger partial charge in [0.1, 0.15) is 5.76 Å². The number of nitrogens with one attached hydrogen (secondary N) is 1. The van der Waals surface area contributed by atoms with Crippen LogP contribution in [-0.4, -0.2) is 23.7 Å². The molecule has 2 aromatic rings. The van der Waals surface area contributed by atoms with Crippen LogP contribution in [0, 0.1) is 0 Å². The third-order valence-corrected chi connectivity index (χ3v) is 2.01. The molecule has 0 unspecified atom stereocenters. The predicted molar refractivity (Wildman–Crippen MR) is 53.4 cm³/mol. The second-order valence-electron chi connectivity index (χ2n) is 3.21. The molecular weight excluding hydrogens is 194 g/mol. The molecule has 0 atom stereocenters. The van der Waals surface area contributed by atoms with Crippen molar-refractivity contribution in [1.82, 2.24) is 15.5 Å². The van der Waals surface area contributed by atoms with E-state index in [-0.39, 0.29) is 0 Å². The van der Waals surface area contributed by atoms with Gasteiger partial charge in [-0.3, -0.25) is 0 Å². The van der Waals surface area contributed by atoms with Gasteiger partial charge in [0.2, 0.25) is 5.89 Å². The van der Waals surface area contributed by atoms with Gasteiger partial charge in [-0.05, 0) is 19.2 Å². The second-order valence-corrected chi connectivity index (χ2v) is 3.21. The lowest BCUT2D eigenvalue weighted by Gasteiger charge is -1.90. The SMILES string of the molecule is CNCCc1noc(Cc2ccco2)n1. The molecule has 0 saturated carbocycles. The van der Waals surface area contributed by atoms with E-state index in [4.69, 9.17) is 8.94 Å². The third-order valence-electron chi connectivity index (χ3n) is 2.01. The first kappa shape index (κ1) is 9.92. The topological polar surface area (TPSA) is 64.1 Å². The van der Waals surface area contributed by atoms with Crippen molar-refractivity contribution in [3.05, 3.63) is 35.9 Å². The maximum atomic E-state index is 5.19. The highest BCUT2D eigenvalue weighted by atomic mass is 16.5. The molecule has 0 fully saturated rings. The Balaban J connectivity index is 1.95. The van der Waals surface area contributed by atoms with E-state index in [9.17, 15) is 0 Å². The highest BCUT2D eigenvalue weighted by Gasteiger charge is 2.07. The average Bonchev–Trinajstić information content (AvgIpc) is 2.87. The van der Waals surface area contributed by atoms with Crippen molar-refractivity contribution in [3.63, 3.8) is 0 Å². The van der Waals surface area contributed by atoms with Crippen LogP contribution in [0.15, 0.2) is 27.3 Å². The lowest BCUT2D eigenvalue weighted by molar-refractivity contribution is 0.370. The van der Waals surface area contributed by atoms with Crippen molar-refractivity contribution >= 4 is 0 Å². The van der Waals surface area contributed by atoms with Crippen LogP contribution in [0.25, 0.3) is 0 Å². The predicted octanol–water partition coefficient (Wildman–Crippen LogP) is 1.02. The number of hydrogen-bond donors (Lipinski definition) is 1. The molecule has 1 N–H and O–H groups in total. The molecule has 5 heteroatoms. The molecule has 2 rings (SSSR count). The molecule has 5 nitrogen and oxygen atoms in total. The average molecular weight is 207 g/mol. The Kier molecular flexibility index (Phi) is 3.14. The summed E-state index contributed by atoms with van der Waals surface area (Å²) in [4.78, 5) is 4.24. The molecule has 0 spiro atoms. The van der Waals surface area contributed by atoms with E-state index in [1.165, 1.54) is 0 Å². The molecule has 0 aliphatic carbocycles. The van der Waals surface area contributed by atoms with Gasteiger partial charge in [-0.25, -0.2) is 0 Å². The van der Waals surface area contributed by atoms with Gasteiger partial charge >= 0.3 is 0 Å². The van der Waals surface area contributed by atoms with Crippen LogP contribution in [0.1, 0.15) is 17.5 Å². The zero-order valence-electron chi connectivity index (χ0n) is 8.56. The molecule has 0 aliphatic heterocycles. The Morgan fingerprint density at radius 2 is 2.40 bits per heavy atom. The minimum Gasteiger partial charge on any atom is -0.469 e. The van der Waals surface area contributed by atoms with Gasteiger partial charge in [0, 0.05) is 13.0 Å². The second kappa shape index (κ2) is 4.75. The lowest BCUT2D eigenvalue weighted by atomic mass is 10.3. The van der Waals surface area contributed by atoms with Crippen molar-refractivity contribution in [1.29, 1.82) is 0 Å². The first-order chi connectivity index (χ1) is 7.38. The van der Waals surface area contributed by atoms with Gasteiger partial charge in [-0.2, -0.15) is 4.98 Å². The van der Waals surface area contributed by atoms with Gasteiger partial charge in [-0.1, -0.05) is 5.16 Å². The standard InChI is InChI=1S/C10H13N3O2/c1-11-5-4-9-12-10(15-13-9)7-8-3-2-6-14-8/h2-3,6,11H,4-5,7H2,1H3. The fraction of sp³-hybridized carbons (Fsp3) is 0.400. The van der Waals surface area contributed by atoms with Gasteiger partial charge in [0.25, 0.3) is 0 Å². The van der Waals surface area contributed by atoms with E-state index in [0.29, 0.717) is 12.3 Å². The van der Waals surface area contributed by atoms with E-state index >= 15 is 0 Å². The highest BCUT2D eigenvalue weighted by molar-refractivity contribution is 5.04. The zero-order valence-corrected chi connectivity index (χ0v) is 8.56. The summed E-state index contributed by atoms with van der Waals surface area (Å²) in [5, 5.41) is 6.90. The monoisotopic (exact) mass is 207 g/mol. The van der Waals surface area contributed by atoms with Crippen LogP contribution < -0.4 is 5.32 Å². The first-order valence-electron chi connectivity index (χ1n) is 4.87. The summed E-state index contributed by atoms with van der Waals surface area (Å²) in [5.74, 6) is 2.15. The molecule has 0 amide bonds. The summed E-state index contributed by atoms with van der Waals surface area (Å²) in [6, 6.07) is 3.73. The third kappa shape index (κ3) is 2.66. The van der Waals surface area contributed by atoms with Crippen LogP contribution in [0.5, 0.6) is 0 Å². The van der Waals surface area contributed by atoms with Gasteiger partial charge in [0.05, 0.1) is 12.7 Å². The molecule has 2 heterocycles. The fourth-order valence-corrected chi connectivity index (χ4v) is 1.26. The summed E-state index contributed by atoms with van der Waals surface area (Å²) in [7, 11) is 1.89. The molecule has 0 aromatic carbocycles. The van der Waals surface area contributed by atoms with Crippen LogP contribution in [0.2, 0.25) is 0 Å². The van der Waals surface area contributed by atoms with Crippen LogP contribution in [-0.2, 0) is 12.8 Å². The van der Waals surface area contributed by atoms with Crippen molar-refractivity contribution < 1.29 is 8.94 Å². The number of rotatable bonds is 5. The summed E-state index contributed by atoms with van der Waals surface area (Å²) in [5.41, 5.74) is 0. The molecule has 0 aliphatic rings. The van der Waals surface area contributed by atoms with Crippen molar-refractivity contribution in [2.45, 2.75) is 12.8 Å². The molecule has 0 bridgehead atoms. The lowest BCUT2D eigenvalue weighted by Crippen LogP contribution is -2.11. The summed E-state index contributed by atoms with van der Waals surface area (Å²) in [6.07, 6.45) is 2.96. The van der Waals surface area contributed by atoms with Crippen molar-refractivity contribution in [2.24, 2.45) is 0 Å². The number of aromatic nitrogens is 2. The quantitative estimate of drug-likeness (QED) is 0.792. The van der Waals surface area contributed by atoms with Crippen LogP contribution >= 0.6 is 0 Å². The highest BCUT2D eigenvalue weighted by Crippen LogP contribution is 2.07. The number of furan rings is 1. The minimum absolute atomic E-state index is 0.555. The molecule has 0 saturated heterocycles. The molecule has 2 aromatic heterocycles. The Labute approximate surface area is 87.5 Å². The largest absolute Gasteiger partial charge is 0.469 e. The van der Waals surface area contributed by atoms with Crippen molar-refractivity contribution in [2.75, 3.05) is 13.6 Å². The molecule has 15 heavy (non-hydrogen) atoms. The number of nitrogens with zero attached hydrogens (tertiary/aromatic N) is 2. The van der Waals surface area contributed by atoms with Crippen LogP contribution in [0.4, 0.5) is 0 Å². The van der Waals surface area contributed by atoms with E-state index < -0.39 is 0 Å². The van der Waals surface area contributed by atoms with Gasteiger partial charge in [-0.15, -0.1) is 0 Å². The normalized spacial score (nSPS) is 10.7. The fourth-order valence-electron chi connectivity index (χ4n) is 1.26. The van der Waals surface area contributed by atoms with Gasteiger partial charge in [0.15, 0.2) is 5.82 Å². The number of likely N-dealkylation sites (N-methyl/N-ethyl adjacent to an activating group) is 1. The summed E-state index contributed by atoms with van der Waals surface area (Å²) < 4.78 is 10.3. The Hall–Kier alpha value is -1.62. The Morgan fingerprint density at radius 1 is 1.47 bits per heavy atom. The van der Waals surface area contributed by atoms with E-state index in [0.717, 1.165) is 24.6 Å². The summed E-state index contributed by atoms with van der Waals surface area (Å²) in [6.45, 7) is 0.847. The minimum atomic E-state index is 0.555. The Bertz CT molecular complexity index is 394. The molecular formula is C10H13N3O2. The van der Waals surface area contributed by atoms with Crippen molar-refractivity contribution in [3.8, 4) is 0 Å². The van der Waals surface area contributed by atoms with Crippen LogP contribution in [0.3, 0.4) is 0 Å². The molecule has 80 valence electrons. The van der Waals surface area contributed by atoms with E-state index in [1.807, 2.05) is 19.2 Å². The zero-order chi connectivity index (χ0) is 10.5. The summed E-state index contributed by atoms with van der Waals surface area (Å²) >= 11 is 0. The smallest absolute Gasteiger partial charge is 0.234 e. The van der Waals surface area contributed by atoms with E-state index in [2.05, 4.69) is 15.5 Å². The maximum absolute atomic E-state index is 5.19.